The molecule has 2 N–H and O–H groups in total. The fraction of sp³-hybridized carbons (Fsp3) is 0.417. The van der Waals surface area contributed by atoms with Crippen molar-refractivity contribution in [2.24, 2.45) is 5.73 Å². The lowest BCUT2D eigenvalue weighted by atomic mass is 10.1. The van der Waals surface area contributed by atoms with Crippen LogP contribution in [0.15, 0.2) is 24.3 Å². The Bertz CT molecular complexity index is 341. The fourth-order valence-electron chi connectivity index (χ4n) is 1.67. The first-order valence-corrected chi connectivity index (χ1v) is 5.05. The molecule has 0 heterocycles. The lowest BCUT2D eigenvalue weighted by molar-refractivity contribution is -0.895. The second-order valence-corrected chi connectivity index (χ2v) is 4.70. The smallest absolute Gasteiger partial charge is 0.272 e. The number of benzene rings is 1. The summed E-state index contributed by atoms with van der Waals surface area (Å²) in [5, 5.41) is 0. The first kappa shape index (κ1) is 11.7. The van der Waals surface area contributed by atoms with Gasteiger partial charge in [0.2, 0.25) is 0 Å². The molecular weight excluding hydrogens is 188 g/mol. The molecule has 0 atom stereocenters. The largest absolute Gasteiger partial charge is 0.365 e. The van der Waals surface area contributed by atoms with Crippen LogP contribution in [-0.4, -0.2) is 31.0 Å². The van der Waals surface area contributed by atoms with Crippen molar-refractivity contribution >= 4 is 5.91 Å². The second kappa shape index (κ2) is 4.45. The summed E-state index contributed by atoms with van der Waals surface area (Å²) in [5.41, 5.74) is 7.68. The van der Waals surface area contributed by atoms with E-state index in [0.29, 0.717) is 11.0 Å². The molecule has 0 unspecified atom stereocenters. The van der Waals surface area contributed by atoms with E-state index in [1.54, 1.807) is 0 Å². The summed E-state index contributed by atoms with van der Waals surface area (Å²) in [6.07, 6.45) is 0. The molecule has 0 saturated heterocycles. The van der Waals surface area contributed by atoms with Crippen LogP contribution in [0.3, 0.4) is 0 Å². The molecule has 3 nitrogen and oxygen atoms in total. The average molecular weight is 207 g/mol. The topological polar surface area (TPSA) is 43.1 Å². The summed E-state index contributed by atoms with van der Waals surface area (Å²) in [5.74, 6) is -0.257. The molecule has 15 heavy (non-hydrogen) atoms. The van der Waals surface area contributed by atoms with E-state index >= 15 is 0 Å². The second-order valence-electron chi connectivity index (χ2n) is 4.70. The van der Waals surface area contributed by atoms with Gasteiger partial charge in [0.05, 0.1) is 14.1 Å². The number of hydrogen-bond acceptors (Lipinski definition) is 1. The Morgan fingerprint density at radius 3 is 2.27 bits per heavy atom. The van der Waals surface area contributed by atoms with Gasteiger partial charge in [-0.1, -0.05) is 29.8 Å². The van der Waals surface area contributed by atoms with E-state index in [1.165, 1.54) is 11.1 Å². The van der Waals surface area contributed by atoms with Gasteiger partial charge in [-0.05, 0) is 6.92 Å². The standard InChI is InChI=1S/C12H18N2O/c1-10-4-6-11(7-5-10)8-14(2,3)9-12(13)15/h4-7H,8-9H2,1-3H3,(H-,13,15)/p+1. The minimum absolute atomic E-state index is 0.257. The third-order valence-electron chi connectivity index (χ3n) is 2.32. The zero-order chi connectivity index (χ0) is 11.5. The SMILES string of the molecule is Cc1ccc(C[N+](C)(C)CC(N)=O)cc1. The molecule has 0 bridgehead atoms. The molecule has 0 aliphatic rings. The third kappa shape index (κ3) is 4.13. The molecule has 0 radical (unpaired) electrons. The summed E-state index contributed by atoms with van der Waals surface area (Å²) in [7, 11) is 4.01. The number of hydrogen-bond donors (Lipinski definition) is 1. The Balaban J connectivity index is 2.68. The molecule has 0 spiro atoms. The number of aryl methyl sites for hydroxylation is 1. The number of nitrogens with zero attached hydrogens (tertiary/aromatic N) is 1. The first-order chi connectivity index (χ1) is 6.89. The molecule has 82 valence electrons. The van der Waals surface area contributed by atoms with Crippen molar-refractivity contribution in [3.05, 3.63) is 35.4 Å². The van der Waals surface area contributed by atoms with Crippen LogP contribution in [0.4, 0.5) is 0 Å². The predicted octanol–water partition coefficient (Wildman–Crippen LogP) is 1.06. The van der Waals surface area contributed by atoms with Gasteiger partial charge in [0, 0.05) is 5.56 Å². The fourth-order valence-corrected chi connectivity index (χ4v) is 1.67. The highest BCUT2D eigenvalue weighted by Crippen LogP contribution is 2.09. The molecule has 1 aromatic rings. The highest BCUT2D eigenvalue weighted by atomic mass is 16.1. The molecular formula is C12H19N2O+. The molecule has 0 saturated carbocycles. The zero-order valence-corrected chi connectivity index (χ0v) is 9.66. The zero-order valence-electron chi connectivity index (χ0n) is 9.66. The summed E-state index contributed by atoms with van der Waals surface area (Å²) >= 11 is 0. The van der Waals surface area contributed by atoms with E-state index < -0.39 is 0 Å². The Morgan fingerprint density at radius 1 is 1.27 bits per heavy atom. The summed E-state index contributed by atoms with van der Waals surface area (Å²) < 4.78 is 0.596. The van der Waals surface area contributed by atoms with E-state index in [4.69, 9.17) is 5.73 Å². The van der Waals surface area contributed by atoms with Gasteiger partial charge >= 0.3 is 0 Å². The van der Waals surface area contributed by atoms with Gasteiger partial charge in [-0.2, -0.15) is 0 Å². The van der Waals surface area contributed by atoms with Crippen molar-refractivity contribution in [2.75, 3.05) is 20.6 Å². The van der Waals surface area contributed by atoms with E-state index in [9.17, 15) is 4.79 Å². The van der Waals surface area contributed by atoms with Crippen molar-refractivity contribution < 1.29 is 9.28 Å². The number of carbonyl (C=O) groups excluding carboxylic acids is 1. The number of carbonyl (C=O) groups is 1. The molecule has 1 aromatic carbocycles. The lowest BCUT2D eigenvalue weighted by Crippen LogP contribution is -2.45. The monoisotopic (exact) mass is 207 g/mol. The van der Waals surface area contributed by atoms with Gasteiger partial charge in [-0.3, -0.25) is 4.79 Å². The Hall–Kier alpha value is -1.35. The van der Waals surface area contributed by atoms with Gasteiger partial charge in [0.1, 0.15) is 6.54 Å². The van der Waals surface area contributed by atoms with E-state index in [-0.39, 0.29) is 5.91 Å². The minimum Gasteiger partial charge on any atom is -0.365 e. The van der Waals surface area contributed by atoms with Crippen LogP contribution in [0.2, 0.25) is 0 Å². The van der Waals surface area contributed by atoms with Gasteiger partial charge in [0.25, 0.3) is 5.91 Å². The maximum absolute atomic E-state index is 10.9. The number of likely N-dealkylation sites (N-methyl/N-ethyl adjacent to an activating group) is 1. The number of rotatable bonds is 4. The van der Waals surface area contributed by atoms with Crippen molar-refractivity contribution in [1.29, 1.82) is 0 Å². The van der Waals surface area contributed by atoms with Crippen molar-refractivity contribution in [3.8, 4) is 0 Å². The van der Waals surface area contributed by atoms with Gasteiger partial charge < -0.3 is 10.2 Å². The summed E-state index contributed by atoms with van der Waals surface area (Å²) in [4.78, 5) is 10.9. The molecule has 0 aliphatic heterocycles. The average Bonchev–Trinajstić information content (AvgIpc) is 2.06. The van der Waals surface area contributed by atoms with Crippen LogP contribution < -0.4 is 5.73 Å². The normalized spacial score (nSPS) is 11.4. The van der Waals surface area contributed by atoms with Crippen LogP contribution >= 0.6 is 0 Å². The van der Waals surface area contributed by atoms with Crippen molar-refractivity contribution in [3.63, 3.8) is 0 Å². The predicted molar refractivity (Wildman–Crippen MR) is 61.1 cm³/mol. The molecule has 1 amide bonds. The van der Waals surface area contributed by atoms with Crippen molar-refractivity contribution in [2.45, 2.75) is 13.5 Å². The van der Waals surface area contributed by atoms with Crippen LogP contribution in [0.1, 0.15) is 11.1 Å². The van der Waals surface area contributed by atoms with Crippen LogP contribution in [0.25, 0.3) is 0 Å². The maximum atomic E-state index is 10.9. The van der Waals surface area contributed by atoms with E-state index in [1.807, 2.05) is 14.1 Å². The molecule has 0 fully saturated rings. The quantitative estimate of drug-likeness (QED) is 0.737. The Morgan fingerprint density at radius 2 is 1.80 bits per heavy atom. The van der Waals surface area contributed by atoms with Crippen LogP contribution in [0, 0.1) is 6.92 Å². The van der Waals surface area contributed by atoms with Gasteiger partial charge in [-0.15, -0.1) is 0 Å². The van der Waals surface area contributed by atoms with Crippen molar-refractivity contribution in [1.82, 2.24) is 0 Å². The van der Waals surface area contributed by atoms with Gasteiger partial charge in [0.15, 0.2) is 6.54 Å². The lowest BCUT2D eigenvalue weighted by Gasteiger charge is -2.28. The highest BCUT2D eigenvalue weighted by Gasteiger charge is 2.18. The van der Waals surface area contributed by atoms with E-state index in [2.05, 4.69) is 31.2 Å². The number of amides is 1. The Labute approximate surface area is 91.1 Å². The number of nitrogens with two attached hydrogens (primary N) is 1. The first-order valence-electron chi connectivity index (χ1n) is 5.05. The minimum atomic E-state index is -0.257. The van der Waals surface area contributed by atoms with Crippen LogP contribution in [0.5, 0.6) is 0 Å². The molecule has 0 aliphatic carbocycles. The summed E-state index contributed by atoms with van der Waals surface area (Å²) in [6.45, 7) is 3.25. The maximum Gasteiger partial charge on any atom is 0.272 e. The van der Waals surface area contributed by atoms with Gasteiger partial charge in [-0.25, -0.2) is 0 Å². The third-order valence-corrected chi connectivity index (χ3v) is 2.32. The van der Waals surface area contributed by atoms with Crippen LogP contribution in [-0.2, 0) is 11.3 Å². The number of quaternary nitrogens is 1. The van der Waals surface area contributed by atoms with E-state index in [0.717, 1.165) is 6.54 Å². The highest BCUT2D eigenvalue weighted by molar-refractivity contribution is 5.74. The molecule has 3 heteroatoms. The Kier molecular flexibility index (Phi) is 3.48. The molecule has 0 aromatic heterocycles. The summed E-state index contributed by atoms with van der Waals surface area (Å²) in [6, 6.07) is 8.35. The molecule has 1 rings (SSSR count). The number of primary amides is 1.